The number of hydrogen-bond donors (Lipinski definition) is 1. The summed E-state index contributed by atoms with van der Waals surface area (Å²) in [5.41, 5.74) is 1.60. The fourth-order valence-electron chi connectivity index (χ4n) is 1.96. The van der Waals surface area contributed by atoms with Crippen molar-refractivity contribution in [3.63, 3.8) is 0 Å². The van der Waals surface area contributed by atoms with Gasteiger partial charge in [-0.05, 0) is 46.7 Å². The summed E-state index contributed by atoms with van der Waals surface area (Å²) in [6.07, 6.45) is 0. The molecule has 2 aromatic carbocycles. The standard InChI is InChI=1S/C14H11Br3FN/c1-19-14(9-6-5-8(15)7-12(9)17)10-3-2-4-11(16)13(10)18/h2-7,14,19H,1H3. The van der Waals surface area contributed by atoms with E-state index in [9.17, 15) is 4.39 Å². The molecule has 0 bridgehead atoms. The van der Waals surface area contributed by atoms with E-state index in [4.69, 9.17) is 0 Å². The second kappa shape index (κ2) is 6.48. The first-order valence-electron chi connectivity index (χ1n) is 5.60. The van der Waals surface area contributed by atoms with Crippen molar-refractivity contribution in [1.29, 1.82) is 0 Å². The van der Waals surface area contributed by atoms with Crippen LogP contribution < -0.4 is 5.32 Å². The van der Waals surface area contributed by atoms with Crippen LogP contribution in [-0.2, 0) is 0 Å². The molecule has 1 nitrogen and oxygen atoms in total. The predicted molar refractivity (Wildman–Crippen MR) is 86.8 cm³/mol. The van der Waals surface area contributed by atoms with E-state index in [1.807, 2.05) is 31.3 Å². The summed E-state index contributed by atoms with van der Waals surface area (Å²) in [4.78, 5) is 0. The van der Waals surface area contributed by atoms with Gasteiger partial charge in [-0.1, -0.05) is 50.1 Å². The maximum absolute atomic E-state index is 14.2. The number of hydrogen-bond acceptors (Lipinski definition) is 1. The smallest absolute Gasteiger partial charge is 0.142 e. The molecule has 0 fully saturated rings. The maximum atomic E-state index is 14.2. The Morgan fingerprint density at radius 1 is 1.00 bits per heavy atom. The Morgan fingerprint density at radius 3 is 2.37 bits per heavy atom. The second-order valence-electron chi connectivity index (χ2n) is 4.03. The van der Waals surface area contributed by atoms with Crippen LogP contribution in [0, 0.1) is 5.82 Å². The quantitative estimate of drug-likeness (QED) is 0.656. The first-order valence-corrected chi connectivity index (χ1v) is 7.98. The van der Waals surface area contributed by atoms with Crippen LogP contribution in [0.25, 0.3) is 0 Å². The fourth-order valence-corrected chi connectivity index (χ4v) is 3.62. The van der Waals surface area contributed by atoms with Crippen LogP contribution in [-0.4, -0.2) is 7.05 Å². The van der Waals surface area contributed by atoms with Crippen LogP contribution in [0.15, 0.2) is 49.8 Å². The van der Waals surface area contributed by atoms with Crippen LogP contribution in [0.5, 0.6) is 0 Å². The molecular formula is C14H11Br3FN. The summed E-state index contributed by atoms with van der Waals surface area (Å²) in [5, 5.41) is 3.16. The van der Waals surface area contributed by atoms with E-state index in [-0.39, 0.29) is 11.9 Å². The van der Waals surface area contributed by atoms with Crippen LogP contribution in [0.4, 0.5) is 4.39 Å². The molecule has 0 spiro atoms. The molecule has 100 valence electrons. The third kappa shape index (κ3) is 3.27. The minimum Gasteiger partial charge on any atom is -0.309 e. The van der Waals surface area contributed by atoms with E-state index in [0.29, 0.717) is 10.0 Å². The Bertz CT molecular complexity index is 601. The monoisotopic (exact) mass is 449 g/mol. The zero-order chi connectivity index (χ0) is 14.0. The minimum absolute atomic E-state index is 0.208. The summed E-state index contributed by atoms with van der Waals surface area (Å²) >= 11 is 10.2. The number of halogens is 4. The van der Waals surface area contributed by atoms with Crippen LogP contribution in [0.1, 0.15) is 17.2 Å². The van der Waals surface area contributed by atoms with Gasteiger partial charge in [-0.3, -0.25) is 0 Å². The zero-order valence-electron chi connectivity index (χ0n) is 10.1. The summed E-state index contributed by atoms with van der Waals surface area (Å²) < 4.78 is 16.6. The Morgan fingerprint density at radius 2 is 1.74 bits per heavy atom. The highest BCUT2D eigenvalue weighted by atomic mass is 79.9. The Kier molecular flexibility index (Phi) is 5.17. The summed E-state index contributed by atoms with van der Waals surface area (Å²) in [7, 11) is 1.82. The molecule has 5 heteroatoms. The van der Waals surface area contributed by atoms with Crippen molar-refractivity contribution in [2.45, 2.75) is 6.04 Å². The molecule has 0 amide bonds. The third-order valence-electron chi connectivity index (χ3n) is 2.85. The van der Waals surface area contributed by atoms with Gasteiger partial charge in [0.1, 0.15) is 5.82 Å². The molecule has 0 aromatic heterocycles. The molecule has 2 aromatic rings. The highest BCUT2D eigenvalue weighted by Gasteiger charge is 2.19. The lowest BCUT2D eigenvalue weighted by atomic mass is 9.98. The lowest BCUT2D eigenvalue weighted by Crippen LogP contribution is -2.19. The van der Waals surface area contributed by atoms with Gasteiger partial charge >= 0.3 is 0 Å². The van der Waals surface area contributed by atoms with Crippen molar-refractivity contribution in [3.8, 4) is 0 Å². The van der Waals surface area contributed by atoms with Gasteiger partial charge in [0.25, 0.3) is 0 Å². The minimum atomic E-state index is -0.239. The van der Waals surface area contributed by atoms with E-state index < -0.39 is 0 Å². The molecule has 0 radical (unpaired) electrons. The second-order valence-corrected chi connectivity index (χ2v) is 6.65. The molecule has 0 heterocycles. The SMILES string of the molecule is CNC(c1ccc(Br)cc1Br)c1cccc(Br)c1F. The summed E-state index contributed by atoms with van der Waals surface area (Å²) in [6.45, 7) is 0. The fraction of sp³-hybridized carbons (Fsp3) is 0.143. The number of nitrogens with one attached hydrogen (secondary N) is 1. The maximum Gasteiger partial charge on any atom is 0.142 e. The molecule has 0 aliphatic rings. The van der Waals surface area contributed by atoms with Gasteiger partial charge in [-0.15, -0.1) is 0 Å². The lowest BCUT2D eigenvalue weighted by Gasteiger charge is -2.20. The highest BCUT2D eigenvalue weighted by Crippen LogP contribution is 2.33. The average Bonchev–Trinajstić information content (AvgIpc) is 2.37. The number of rotatable bonds is 3. The topological polar surface area (TPSA) is 12.0 Å². The van der Waals surface area contributed by atoms with Gasteiger partial charge in [-0.2, -0.15) is 0 Å². The molecule has 2 rings (SSSR count). The van der Waals surface area contributed by atoms with Gasteiger partial charge < -0.3 is 5.32 Å². The molecular weight excluding hydrogens is 441 g/mol. The highest BCUT2D eigenvalue weighted by molar-refractivity contribution is 9.11. The van der Waals surface area contributed by atoms with Gasteiger partial charge in [0.05, 0.1) is 10.5 Å². The molecule has 0 aliphatic carbocycles. The van der Waals surface area contributed by atoms with Gasteiger partial charge in [0, 0.05) is 14.5 Å². The van der Waals surface area contributed by atoms with Crippen LogP contribution in [0.3, 0.4) is 0 Å². The van der Waals surface area contributed by atoms with Crippen molar-refractivity contribution >= 4 is 47.8 Å². The molecule has 0 saturated carbocycles. The van der Waals surface area contributed by atoms with Gasteiger partial charge in [0.15, 0.2) is 0 Å². The molecule has 19 heavy (non-hydrogen) atoms. The van der Waals surface area contributed by atoms with E-state index in [0.717, 1.165) is 14.5 Å². The Balaban J connectivity index is 2.53. The average molecular weight is 452 g/mol. The molecule has 0 saturated heterocycles. The zero-order valence-corrected chi connectivity index (χ0v) is 14.8. The molecule has 1 unspecified atom stereocenters. The van der Waals surface area contributed by atoms with Crippen molar-refractivity contribution in [2.24, 2.45) is 0 Å². The predicted octanol–water partition coefficient (Wildman–Crippen LogP) is 5.42. The van der Waals surface area contributed by atoms with Gasteiger partial charge in [0.2, 0.25) is 0 Å². The first-order chi connectivity index (χ1) is 9.04. The largest absolute Gasteiger partial charge is 0.309 e. The first kappa shape index (κ1) is 15.2. The van der Waals surface area contributed by atoms with E-state index >= 15 is 0 Å². The van der Waals surface area contributed by atoms with Crippen molar-refractivity contribution in [2.75, 3.05) is 7.05 Å². The summed E-state index contributed by atoms with van der Waals surface area (Å²) in [6, 6.07) is 11.0. The molecule has 0 aliphatic heterocycles. The number of benzene rings is 2. The Labute approximate surface area is 137 Å². The van der Waals surface area contributed by atoms with Crippen LogP contribution >= 0.6 is 47.8 Å². The van der Waals surface area contributed by atoms with Gasteiger partial charge in [-0.25, -0.2) is 4.39 Å². The van der Waals surface area contributed by atoms with Crippen molar-refractivity contribution < 1.29 is 4.39 Å². The summed E-state index contributed by atoms with van der Waals surface area (Å²) in [5.74, 6) is -0.239. The lowest BCUT2D eigenvalue weighted by molar-refractivity contribution is 0.570. The van der Waals surface area contributed by atoms with E-state index in [1.54, 1.807) is 12.1 Å². The normalized spacial score (nSPS) is 12.5. The van der Waals surface area contributed by atoms with Crippen LogP contribution in [0.2, 0.25) is 0 Å². The van der Waals surface area contributed by atoms with E-state index in [1.165, 1.54) is 0 Å². The molecule has 1 N–H and O–H groups in total. The molecule has 1 atom stereocenters. The Hall–Kier alpha value is -0.230. The van der Waals surface area contributed by atoms with E-state index in [2.05, 4.69) is 53.1 Å². The van der Waals surface area contributed by atoms with Crippen molar-refractivity contribution in [1.82, 2.24) is 5.32 Å². The third-order valence-corrected chi connectivity index (χ3v) is 4.65. The van der Waals surface area contributed by atoms with Crippen molar-refractivity contribution in [3.05, 3.63) is 66.8 Å².